The fourth-order valence-corrected chi connectivity index (χ4v) is 5.82. The Morgan fingerprint density at radius 2 is 1.59 bits per heavy atom. The topological polar surface area (TPSA) is 79.0 Å². The fraction of sp³-hybridized carbons (Fsp3) is 0.179. The summed E-state index contributed by atoms with van der Waals surface area (Å²) >= 11 is 7.85. The summed E-state index contributed by atoms with van der Waals surface area (Å²) in [5.74, 6) is -0.859. The summed E-state index contributed by atoms with van der Waals surface area (Å²) in [5.41, 5.74) is 2.21. The smallest absolute Gasteiger partial charge is 0.337 e. The minimum atomic E-state index is -0.500. The van der Waals surface area contributed by atoms with Gasteiger partial charge >= 0.3 is 5.97 Å². The standard InChI is InChI=1S/C28H24ClN3O4S/c1-36-28(35)19-11-12-22(31-13-15-32(16-14-31)27(34)18-7-3-2-4-8-18)21(17-19)30-26(33)25-24(29)20-9-5-6-10-23(20)37-25/h2-12,17H,13-16H2,1H3,(H,30,33). The molecule has 1 aliphatic rings. The van der Waals surface area contributed by atoms with E-state index in [9.17, 15) is 14.4 Å². The van der Waals surface area contributed by atoms with Gasteiger partial charge in [-0.2, -0.15) is 0 Å². The highest BCUT2D eigenvalue weighted by Crippen LogP contribution is 2.36. The first kappa shape index (κ1) is 24.8. The van der Waals surface area contributed by atoms with E-state index in [-0.39, 0.29) is 11.8 Å². The van der Waals surface area contributed by atoms with Crippen LogP contribution in [0.2, 0.25) is 5.02 Å². The van der Waals surface area contributed by atoms with Gasteiger partial charge < -0.3 is 19.9 Å². The molecule has 188 valence electrons. The van der Waals surface area contributed by atoms with E-state index in [4.69, 9.17) is 16.3 Å². The molecule has 2 amide bonds. The molecular formula is C28H24ClN3O4S. The largest absolute Gasteiger partial charge is 0.465 e. The van der Waals surface area contributed by atoms with Crippen LogP contribution in [0.4, 0.5) is 11.4 Å². The molecule has 1 fully saturated rings. The summed E-state index contributed by atoms with van der Waals surface area (Å²) in [6, 6.07) is 21.9. The molecule has 1 aliphatic heterocycles. The van der Waals surface area contributed by atoms with Crippen molar-refractivity contribution < 1.29 is 19.1 Å². The van der Waals surface area contributed by atoms with Crippen molar-refractivity contribution in [3.8, 4) is 0 Å². The molecule has 5 rings (SSSR count). The fourth-order valence-electron chi connectivity index (χ4n) is 4.41. The Balaban J connectivity index is 1.39. The summed E-state index contributed by atoms with van der Waals surface area (Å²) in [6.45, 7) is 2.20. The van der Waals surface area contributed by atoms with Crippen molar-refractivity contribution in [2.75, 3.05) is 43.5 Å². The van der Waals surface area contributed by atoms with Gasteiger partial charge in [0.05, 0.1) is 29.1 Å². The number of fused-ring (bicyclic) bond motifs is 1. The lowest BCUT2D eigenvalue weighted by molar-refractivity contribution is 0.0600. The first-order valence-corrected chi connectivity index (χ1v) is 13.0. The van der Waals surface area contributed by atoms with Crippen LogP contribution in [-0.2, 0) is 4.74 Å². The van der Waals surface area contributed by atoms with Crippen LogP contribution in [-0.4, -0.2) is 56.0 Å². The molecular weight excluding hydrogens is 510 g/mol. The lowest BCUT2D eigenvalue weighted by Gasteiger charge is -2.37. The number of rotatable bonds is 5. The second-order valence-electron chi connectivity index (χ2n) is 8.56. The quantitative estimate of drug-likeness (QED) is 0.340. The number of methoxy groups -OCH3 is 1. The molecule has 0 unspecified atom stereocenters. The Bertz CT molecular complexity index is 1480. The third-order valence-electron chi connectivity index (χ3n) is 6.34. The number of benzene rings is 3. The number of carbonyl (C=O) groups is 3. The van der Waals surface area contributed by atoms with Gasteiger partial charge in [-0.25, -0.2) is 4.79 Å². The molecule has 3 aromatic carbocycles. The summed E-state index contributed by atoms with van der Waals surface area (Å²) in [5, 5.41) is 4.18. The van der Waals surface area contributed by atoms with Gasteiger partial charge in [0.2, 0.25) is 0 Å². The number of nitrogens with one attached hydrogen (secondary N) is 1. The van der Waals surface area contributed by atoms with Gasteiger partial charge in [0.1, 0.15) is 4.88 Å². The van der Waals surface area contributed by atoms with Crippen LogP contribution in [0.25, 0.3) is 10.1 Å². The molecule has 2 heterocycles. The first-order chi connectivity index (χ1) is 18.0. The van der Waals surface area contributed by atoms with Crippen molar-refractivity contribution in [3.05, 3.63) is 93.8 Å². The number of piperazine rings is 1. The maximum Gasteiger partial charge on any atom is 0.337 e. The maximum absolute atomic E-state index is 13.3. The van der Waals surface area contributed by atoms with Crippen LogP contribution in [0.3, 0.4) is 0 Å². The maximum atomic E-state index is 13.3. The van der Waals surface area contributed by atoms with E-state index >= 15 is 0 Å². The molecule has 1 N–H and O–H groups in total. The Morgan fingerprint density at radius 1 is 0.892 bits per heavy atom. The third kappa shape index (κ3) is 5.03. The van der Waals surface area contributed by atoms with Crippen molar-refractivity contribution in [1.29, 1.82) is 0 Å². The van der Waals surface area contributed by atoms with Crippen molar-refractivity contribution in [1.82, 2.24) is 4.90 Å². The molecule has 0 aliphatic carbocycles. The summed E-state index contributed by atoms with van der Waals surface area (Å²) in [7, 11) is 1.31. The minimum Gasteiger partial charge on any atom is -0.465 e. The monoisotopic (exact) mass is 533 g/mol. The Hall–Kier alpha value is -3.88. The number of ether oxygens (including phenoxy) is 1. The normalized spacial score (nSPS) is 13.5. The van der Waals surface area contributed by atoms with Gasteiger partial charge in [-0.1, -0.05) is 48.0 Å². The lowest BCUT2D eigenvalue weighted by Crippen LogP contribution is -2.49. The predicted octanol–water partition coefficient (Wildman–Crippen LogP) is 5.56. The SMILES string of the molecule is COC(=O)c1ccc(N2CCN(C(=O)c3ccccc3)CC2)c(NC(=O)c2sc3ccccc3c2Cl)c1. The zero-order valence-corrected chi connectivity index (χ0v) is 21.6. The van der Waals surface area contributed by atoms with Gasteiger partial charge in [-0.05, 0) is 36.4 Å². The highest BCUT2D eigenvalue weighted by atomic mass is 35.5. The summed E-state index contributed by atoms with van der Waals surface area (Å²) < 4.78 is 5.80. The Labute approximate surface area is 223 Å². The van der Waals surface area contributed by atoms with E-state index in [1.807, 2.05) is 59.5 Å². The van der Waals surface area contributed by atoms with Gasteiger partial charge in [0.15, 0.2) is 0 Å². The van der Waals surface area contributed by atoms with Crippen LogP contribution in [0, 0.1) is 0 Å². The van der Waals surface area contributed by atoms with Gasteiger partial charge in [0.25, 0.3) is 11.8 Å². The average molecular weight is 534 g/mol. The van der Waals surface area contributed by atoms with Crippen molar-refractivity contribution in [2.24, 2.45) is 0 Å². The highest BCUT2D eigenvalue weighted by molar-refractivity contribution is 7.21. The molecule has 0 atom stereocenters. The van der Waals surface area contributed by atoms with Crippen LogP contribution >= 0.6 is 22.9 Å². The number of amides is 2. The van der Waals surface area contributed by atoms with Gasteiger partial charge in [-0.15, -0.1) is 11.3 Å². The first-order valence-electron chi connectivity index (χ1n) is 11.8. The number of hydrogen-bond acceptors (Lipinski definition) is 6. The van der Waals surface area contributed by atoms with Crippen LogP contribution in [0.15, 0.2) is 72.8 Å². The number of halogens is 1. The lowest BCUT2D eigenvalue weighted by atomic mass is 10.1. The molecule has 0 saturated carbocycles. The molecule has 0 bridgehead atoms. The molecule has 7 nitrogen and oxygen atoms in total. The zero-order valence-electron chi connectivity index (χ0n) is 20.1. The highest BCUT2D eigenvalue weighted by Gasteiger charge is 2.25. The van der Waals surface area contributed by atoms with E-state index in [1.54, 1.807) is 18.2 Å². The van der Waals surface area contributed by atoms with E-state index in [2.05, 4.69) is 10.2 Å². The van der Waals surface area contributed by atoms with Gasteiger partial charge in [-0.3, -0.25) is 9.59 Å². The number of carbonyl (C=O) groups excluding carboxylic acids is 3. The van der Waals surface area contributed by atoms with E-state index in [1.165, 1.54) is 18.4 Å². The van der Waals surface area contributed by atoms with E-state index in [0.29, 0.717) is 52.9 Å². The molecule has 9 heteroatoms. The average Bonchev–Trinajstić information content (AvgIpc) is 3.29. The second kappa shape index (κ2) is 10.6. The molecule has 4 aromatic rings. The zero-order chi connectivity index (χ0) is 25.9. The summed E-state index contributed by atoms with van der Waals surface area (Å²) in [4.78, 5) is 42.7. The minimum absolute atomic E-state index is 0.00535. The summed E-state index contributed by atoms with van der Waals surface area (Å²) in [6.07, 6.45) is 0. The van der Waals surface area contributed by atoms with E-state index in [0.717, 1.165) is 15.8 Å². The van der Waals surface area contributed by atoms with Crippen molar-refractivity contribution in [2.45, 2.75) is 0 Å². The van der Waals surface area contributed by atoms with Crippen LogP contribution < -0.4 is 10.2 Å². The third-order valence-corrected chi connectivity index (χ3v) is 8.01. The molecule has 1 saturated heterocycles. The van der Waals surface area contributed by atoms with Gasteiger partial charge in [0, 0.05) is 41.8 Å². The van der Waals surface area contributed by atoms with E-state index < -0.39 is 5.97 Å². The molecule has 0 radical (unpaired) electrons. The van der Waals surface area contributed by atoms with Crippen LogP contribution in [0.5, 0.6) is 0 Å². The Kier molecular flexibility index (Phi) is 7.12. The predicted molar refractivity (Wildman–Crippen MR) is 147 cm³/mol. The number of esters is 1. The molecule has 37 heavy (non-hydrogen) atoms. The second-order valence-corrected chi connectivity index (χ2v) is 9.99. The van der Waals surface area contributed by atoms with Crippen molar-refractivity contribution >= 4 is 62.2 Å². The number of hydrogen-bond donors (Lipinski definition) is 1. The molecule has 1 aromatic heterocycles. The number of nitrogens with zero attached hydrogens (tertiary/aromatic N) is 2. The Morgan fingerprint density at radius 3 is 2.30 bits per heavy atom. The van der Waals surface area contributed by atoms with Crippen molar-refractivity contribution in [3.63, 3.8) is 0 Å². The number of anilines is 2. The number of thiophene rings is 1. The molecule has 0 spiro atoms. The van der Waals surface area contributed by atoms with Crippen LogP contribution in [0.1, 0.15) is 30.4 Å².